The first-order valence-electron chi connectivity index (χ1n) is 17.6. The minimum absolute atomic E-state index is 0.00374. The van der Waals surface area contributed by atoms with Gasteiger partial charge in [0.25, 0.3) is 0 Å². The van der Waals surface area contributed by atoms with Gasteiger partial charge in [0.2, 0.25) is 23.6 Å². The predicted molar refractivity (Wildman–Crippen MR) is 187 cm³/mol. The van der Waals surface area contributed by atoms with Gasteiger partial charge in [-0.1, -0.05) is 27.2 Å². The molecule has 49 heavy (non-hydrogen) atoms. The van der Waals surface area contributed by atoms with Crippen molar-refractivity contribution in [3.63, 3.8) is 0 Å². The van der Waals surface area contributed by atoms with Gasteiger partial charge in [0.05, 0.1) is 45.1 Å². The third-order valence-electron chi connectivity index (χ3n) is 7.00. The van der Waals surface area contributed by atoms with Crippen molar-refractivity contribution in [1.82, 2.24) is 21.3 Å². The molecule has 0 aromatic rings. The van der Waals surface area contributed by atoms with E-state index in [2.05, 4.69) is 28.2 Å². The Morgan fingerprint density at radius 2 is 0.980 bits per heavy atom. The summed E-state index contributed by atoms with van der Waals surface area (Å²) in [5.41, 5.74) is -1.44. The van der Waals surface area contributed by atoms with E-state index in [0.717, 1.165) is 12.8 Å². The average Bonchev–Trinajstić information content (AvgIpc) is 2.99. The predicted octanol–water partition coefficient (Wildman–Crippen LogP) is 2.66. The van der Waals surface area contributed by atoms with Gasteiger partial charge in [-0.3, -0.25) is 24.0 Å². The number of hydrogen-bond donors (Lipinski definition) is 4. The number of unbranched alkanes of at least 4 members (excludes halogenated alkanes) is 1. The van der Waals surface area contributed by atoms with Crippen LogP contribution in [-0.2, 0) is 47.7 Å². The fraction of sp³-hybridized carbons (Fsp3) is 0.857. The Morgan fingerprint density at radius 3 is 1.51 bits per heavy atom. The summed E-state index contributed by atoms with van der Waals surface area (Å²) in [6, 6.07) is 0. The molecule has 0 unspecified atom stereocenters. The number of nitrogens with one attached hydrogen (secondary N) is 4. The van der Waals surface area contributed by atoms with E-state index < -0.39 is 11.0 Å². The Labute approximate surface area is 294 Å². The minimum atomic E-state index is -0.664. The summed E-state index contributed by atoms with van der Waals surface area (Å²) in [6.45, 7) is 18.8. The van der Waals surface area contributed by atoms with Gasteiger partial charge in [0, 0.05) is 39.0 Å². The first-order valence-corrected chi connectivity index (χ1v) is 17.6. The van der Waals surface area contributed by atoms with E-state index in [-0.39, 0.29) is 67.9 Å². The Bertz CT molecular complexity index is 967. The van der Waals surface area contributed by atoms with E-state index >= 15 is 0 Å². The smallest absolute Gasteiger partial charge is 0.312 e. The quantitative estimate of drug-likeness (QED) is 0.0669. The van der Waals surface area contributed by atoms with Crippen molar-refractivity contribution in [2.75, 3.05) is 79.0 Å². The van der Waals surface area contributed by atoms with Gasteiger partial charge >= 0.3 is 5.97 Å². The van der Waals surface area contributed by atoms with Crippen molar-refractivity contribution >= 4 is 29.6 Å². The van der Waals surface area contributed by atoms with E-state index in [9.17, 15) is 24.0 Å². The average molecular weight is 703 g/mol. The molecule has 0 heterocycles. The molecule has 0 saturated carbocycles. The van der Waals surface area contributed by atoms with Crippen LogP contribution in [-0.4, -0.2) is 114 Å². The van der Waals surface area contributed by atoms with Crippen molar-refractivity contribution in [1.29, 1.82) is 0 Å². The van der Waals surface area contributed by atoms with Crippen molar-refractivity contribution in [3.05, 3.63) is 0 Å². The third-order valence-corrected chi connectivity index (χ3v) is 7.00. The zero-order valence-electron chi connectivity index (χ0n) is 31.5. The molecule has 0 spiro atoms. The highest BCUT2D eigenvalue weighted by Gasteiger charge is 2.37. The molecule has 0 aliphatic rings. The molecule has 0 rings (SSSR count). The summed E-state index contributed by atoms with van der Waals surface area (Å²) < 4.78 is 26.8. The number of hydrogen-bond acceptors (Lipinski definition) is 10. The lowest BCUT2D eigenvalue weighted by atomic mass is 9.72. The van der Waals surface area contributed by atoms with Gasteiger partial charge in [-0.25, -0.2) is 0 Å². The van der Waals surface area contributed by atoms with Crippen LogP contribution in [0.2, 0.25) is 0 Å². The molecule has 4 amide bonds. The molecule has 286 valence electrons. The van der Waals surface area contributed by atoms with E-state index in [1.54, 1.807) is 0 Å². The zero-order valence-corrected chi connectivity index (χ0v) is 31.5. The second-order valence-corrected chi connectivity index (χ2v) is 14.4. The first-order chi connectivity index (χ1) is 23.0. The maximum Gasteiger partial charge on any atom is 0.312 e. The Balaban J connectivity index is 3.72. The molecular formula is C35H66N4O10. The molecule has 0 aromatic heterocycles. The van der Waals surface area contributed by atoms with Crippen LogP contribution in [0.5, 0.6) is 0 Å². The Morgan fingerprint density at radius 1 is 0.531 bits per heavy atom. The molecule has 0 radical (unpaired) electrons. The molecule has 0 aromatic carbocycles. The molecule has 0 aliphatic heterocycles. The second-order valence-electron chi connectivity index (χ2n) is 14.4. The SMILES string of the molecule is CCCCNC(=O)COCCOCCNC(=O)COCCOCCNC(=O)CCCNC(=O)CCC(C)(C)CC(C)(C)C(=O)OC(C)(C)C. The van der Waals surface area contributed by atoms with Crippen LogP contribution in [0.4, 0.5) is 0 Å². The fourth-order valence-corrected chi connectivity index (χ4v) is 4.68. The standard InChI is InChI=1S/C35H66N4O10/c1-9-10-15-37-30(42)25-47-23-22-46-20-18-39-31(43)26-48-24-21-45-19-17-38-28(40)12-11-16-36-29(41)13-14-34(5,6)27-35(7,8)32(44)49-33(2,3)4/h9-27H2,1-8H3,(H,36,41)(H,37,42)(H,38,40)(H,39,43). The summed E-state index contributed by atoms with van der Waals surface area (Å²) in [4.78, 5) is 60.3. The van der Waals surface area contributed by atoms with Gasteiger partial charge in [-0.15, -0.1) is 0 Å². The van der Waals surface area contributed by atoms with Crippen LogP contribution in [0.3, 0.4) is 0 Å². The number of esters is 1. The van der Waals surface area contributed by atoms with Crippen LogP contribution < -0.4 is 21.3 Å². The second kappa shape index (κ2) is 26.1. The highest BCUT2D eigenvalue weighted by Crippen LogP contribution is 2.38. The van der Waals surface area contributed by atoms with Gasteiger partial charge in [-0.2, -0.15) is 0 Å². The monoisotopic (exact) mass is 702 g/mol. The summed E-state index contributed by atoms with van der Waals surface area (Å²) in [7, 11) is 0. The number of ether oxygens (including phenoxy) is 5. The first kappa shape index (κ1) is 46.2. The van der Waals surface area contributed by atoms with Gasteiger partial charge in [0.1, 0.15) is 18.8 Å². The lowest BCUT2D eigenvalue weighted by molar-refractivity contribution is -0.167. The van der Waals surface area contributed by atoms with E-state index in [0.29, 0.717) is 78.3 Å². The number of carbonyl (C=O) groups excluding carboxylic acids is 5. The molecular weight excluding hydrogens is 636 g/mol. The minimum Gasteiger partial charge on any atom is -0.460 e. The highest BCUT2D eigenvalue weighted by atomic mass is 16.6. The molecule has 0 saturated heterocycles. The van der Waals surface area contributed by atoms with Crippen molar-refractivity contribution < 1.29 is 47.7 Å². The van der Waals surface area contributed by atoms with E-state index in [1.807, 2.05) is 48.5 Å². The van der Waals surface area contributed by atoms with E-state index in [1.165, 1.54) is 0 Å². The van der Waals surface area contributed by atoms with Crippen LogP contribution in [0.1, 0.15) is 100 Å². The van der Waals surface area contributed by atoms with Crippen LogP contribution >= 0.6 is 0 Å². The lowest BCUT2D eigenvalue weighted by Crippen LogP contribution is -2.37. The molecule has 0 atom stereocenters. The lowest BCUT2D eigenvalue weighted by Gasteiger charge is -2.35. The number of rotatable bonds is 29. The normalized spacial score (nSPS) is 11.9. The summed E-state index contributed by atoms with van der Waals surface area (Å²) >= 11 is 0. The topological polar surface area (TPSA) is 180 Å². The fourth-order valence-electron chi connectivity index (χ4n) is 4.68. The van der Waals surface area contributed by atoms with Crippen molar-refractivity contribution in [3.8, 4) is 0 Å². The van der Waals surface area contributed by atoms with E-state index in [4.69, 9.17) is 23.7 Å². The molecule has 0 bridgehead atoms. The Hall–Kier alpha value is -2.81. The summed E-state index contributed by atoms with van der Waals surface area (Å²) in [6.07, 6.45) is 4.31. The third kappa shape index (κ3) is 28.7. The van der Waals surface area contributed by atoms with Crippen LogP contribution in [0.25, 0.3) is 0 Å². The van der Waals surface area contributed by atoms with Gasteiger partial charge in [0.15, 0.2) is 0 Å². The summed E-state index contributed by atoms with van der Waals surface area (Å²) in [5, 5.41) is 11.1. The van der Waals surface area contributed by atoms with Crippen LogP contribution in [0.15, 0.2) is 0 Å². The molecule has 14 nitrogen and oxygen atoms in total. The zero-order chi connectivity index (χ0) is 37.2. The molecule has 14 heteroatoms. The number of amides is 4. The van der Waals surface area contributed by atoms with Gasteiger partial charge in [-0.05, 0) is 65.7 Å². The van der Waals surface area contributed by atoms with Crippen LogP contribution in [0, 0.1) is 10.8 Å². The number of carbonyl (C=O) groups is 5. The maximum absolute atomic E-state index is 12.6. The largest absolute Gasteiger partial charge is 0.460 e. The van der Waals surface area contributed by atoms with Crippen molar-refractivity contribution in [2.45, 2.75) is 106 Å². The van der Waals surface area contributed by atoms with Gasteiger partial charge < -0.3 is 45.0 Å². The maximum atomic E-state index is 12.6. The highest BCUT2D eigenvalue weighted by molar-refractivity contribution is 5.78. The van der Waals surface area contributed by atoms with Crippen molar-refractivity contribution in [2.24, 2.45) is 10.8 Å². The Kier molecular flexibility index (Phi) is 24.6. The molecule has 4 N–H and O–H groups in total. The summed E-state index contributed by atoms with van der Waals surface area (Å²) in [5.74, 6) is -0.858. The molecule has 0 aliphatic carbocycles. The molecule has 0 fully saturated rings.